The van der Waals surface area contributed by atoms with Crippen molar-refractivity contribution in [2.45, 2.75) is 6.61 Å². The first-order valence-electron chi connectivity index (χ1n) is 3.77. The van der Waals surface area contributed by atoms with Gasteiger partial charge < -0.3 is 14.9 Å². The van der Waals surface area contributed by atoms with Gasteiger partial charge in [-0.3, -0.25) is 5.84 Å². The van der Waals surface area contributed by atoms with E-state index in [-0.39, 0.29) is 5.75 Å². The van der Waals surface area contributed by atoms with Crippen LogP contribution in [0.4, 0.5) is 14.5 Å². The summed E-state index contributed by atoms with van der Waals surface area (Å²) in [5.41, 5.74) is 2.85. The lowest BCUT2D eigenvalue weighted by Crippen LogP contribution is -2.08. The van der Waals surface area contributed by atoms with Crippen LogP contribution in [0.25, 0.3) is 0 Å². The average Bonchev–Trinajstić information content (AvgIpc) is 2.16. The Morgan fingerprint density at radius 1 is 1.43 bits per heavy atom. The Balaban J connectivity index is 2.89. The molecule has 3 N–H and O–H groups in total. The highest BCUT2D eigenvalue weighted by atomic mass is 19.3. The van der Waals surface area contributed by atoms with Gasteiger partial charge in [0, 0.05) is 6.07 Å². The normalized spacial score (nSPS) is 10.1. The van der Waals surface area contributed by atoms with E-state index in [1.54, 1.807) is 0 Å². The fourth-order valence-electron chi connectivity index (χ4n) is 0.967. The predicted molar refractivity (Wildman–Crippen MR) is 47.4 cm³/mol. The molecule has 0 amide bonds. The second kappa shape index (κ2) is 4.61. The quantitative estimate of drug-likeness (QED) is 0.577. The molecular formula is C8H10F2N2O2. The number of hydrazine groups is 1. The Morgan fingerprint density at radius 2 is 2.14 bits per heavy atom. The molecule has 0 aliphatic carbocycles. The van der Waals surface area contributed by atoms with Gasteiger partial charge in [0.2, 0.25) is 0 Å². The molecule has 78 valence electrons. The Morgan fingerprint density at radius 3 is 2.64 bits per heavy atom. The Bertz CT molecular complexity index is 307. The molecular weight excluding hydrogens is 194 g/mol. The summed E-state index contributed by atoms with van der Waals surface area (Å²) in [5.74, 6) is 5.52. The summed E-state index contributed by atoms with van der Waals surface area (Å²) in [5, 5.41) is 0. The molecule has 14 heavy (non-hydrogen) atoms. The van der Waals surface area contributed by atoms with Crippen molar-refractivity contribution in [3.8, 4) is 11.5 Å². The third-order valence-electron chi connectivity index (χ3n) is 1.55. The number of nitrogens with one attached hydrogen (secondary N) is 1. The highest BCUT2D eigenvalue weighted by Crippen LogP contribution is 2.28. The lowest BCUT2D eigenvalue weighted by atomic mass is 10.3. The number of methoxy groups -OCH3 is 1. The maximum absolute atomic E-state index is 11.8. The third-order valence-corrected chi connectivity index (χ3v) is 1.55. The zero-order valence-electron chi connectivity index (χ0n) is 7.46. The lowest BCUT2D eigenvalue weighted by molar-refractivity contribution is -0.0499. The number of ether oxygens (including phenoxy) is 2. The first-order valence-corrected chi connectivity index (χ1v) is 3.77. The van der Waals surface area contributed by atoms with E-state index >= 15 is 0 Å². The van der Waals surface area contributed by atoms with Crippen LogP contribution in [0.15, 0.2) is 18.2 Å². The van der Waals surface area contributed by atoms with Crippen molar-refractivity contribution in [1.82, 2.24) is 0 Å². The zero-order chi connectivity index (χ0) is 10.6. The van der Waals surface area contributed by atoms with Gasteiger partial charge >= 0.3 is 6.61 Å². The smallest absolute Gasteiger partial charge is 0.387 e. The summed E-state index contributed by atoms with van der Waals surface area (Å²) in [7, 11) is 1.41. The molecule has 0 aliphatic rings. The second-order valence-corrected chi connectivity index (χ2v) is 2.38. The summed E-state index contributed by atoms with van der Waals surface area (Å²) in [4.78, 5) is 0. The van der Waals surface area contributed by atoms with E-state index < -0.39 is 6.61 Å². The third kappa shape index (κ3) is 2.46. The fraction of sp³-hybridized carbons (Fsp3) is 0.250. The summed E-state index contributed by atoms with van der Waals surface area (Å²) >= 11 is 0. The SMILES string of the molecule is COc1cc(OC(F)F)ccc1NN. The van der Waals surface area contributed by atoms with Gasteiger partial charge in [0.1, 0.15) is 11.5 Å². The Labute approximate surface area is 79.6 Å². The number of halogens is 2. The molecule has 1 rings (SSSR count). The number of anilines is 1. The first-order chi connectivity index (χ1) is 6.67. The fourth-order valence-corrected chi connectivity index (χ4v) is 0.967. The molecule has 1 aromatic carbocycles. The standard InChI is InChI=1S/C8H10F2N2O2/c1-13-7-4-5(14-8(9)10)2-3-6(7)12-11/h2-4,8,12H,11H2,1H3. The van der Waals surface area contributed by atoms with Crippen LogP contribution in [0, 0.1) is 0 Å². The van der Waals surface area contributed by atoms with Crippen molar-refractivity contribution in [3.63, 3.8) is 0 Å². The molecule has 0 atom stereocenters. The average molecular weight is 204 g/mol. The van der Waals surface area contributed by atoms with Gasteiger partial charge in [0.15, 0.2) is 0 Å². The molecule has 0 fully saturated rings. The minimum Gasteiger partial charge on any atom is -0.494 e. The molecule has 0 unspecified atom stereocenters. The van der Waals surface area contributed by atoms with Gasteiger partial charge in [-0.1, -0.05) is 0 Å². The number of rotatable bonds is 4. The van der Waals surface area contributed by atoms with Crippen LogP contribution in [-0.4, -0.2) is 13.7 Å². The van der Waals surface area contributed by atoms with Crippen molar-refractivity contribution in [2.24, 2.45) is 5.84 Å². The lowest BCUT2D eigenvalue weighted by Gasteiger charge is -2.10. The van der Waals surface area contributed by atoms with E-state index in [0.29, 0.717) is 11.4 Å². The molecule has 0 saturated carbocycles. The monoisotopic (exact) mass is 204 g/mol. The van der Waals surface area contributed by atoms with Crippen molar-refractivity contribution >= 4 is 5.69 Å². The number of nitrogens with two attached hydrogens (primary N) is 1. The van der Waals surface area contributed by atoms with Crippen molar-refractivity contribution < 1.29 is 18.3 Å². The van der Waals surface area contributed by atoms with Crippen LogP contribution in [0.3, 0.4) is 0 Å². The second-order valence-electron chi connectivity index (χ2n) is 2.38. The summed E-state index contributed by atoms with van der Waals surface area (Å²) in [6, 6.07) is 4.17. The Kier molecular flexibility index (Phi) is 3.47. The van der Waals surface area contributed by atoms with Crippen molar-refractivity contribution in [1.29, 1.82) is 0 Å². The van der Waals surface area contributed by atoms with Crippen LogP contribution in [0.5, 0.6) is 11.5 Å². The molecule has 0 bridgehead atoms. The van der Waals surface area contributed by atoms with Crippen LogP contribution < -0.4 is 20.7 Å². The maximum atomic E-state index is 11.8. The summed E-state index contributed by atoms with van der Waals surface area (Å²) in [6.07, 6.45) is 0. The molecule has 0 aliphatic heterocycles. The van der Waals surface area contributed by atoms with E-state index in [1.807, 2.05) is 0 Å². The molecule has 4 nitrogen and oxygen atoms in total. The topological polar surface area (TPSA) is 56.5 Å². The van der Waals surface area contributed by atoms with Crippen molar-refractivity contribution in [3.05, 3.63) is 18.2 Å². The number of benzene rings is 1. The van der Waals surface area contributed by atoms with Crippen LogP contribution in [0.1, 0.15) is 0 Å². The molecule has 0 radical (unpaired) electrons. The minimum atomic E-state index is -2.85. The largest absolute Gasteiger partial charge is 0.494 e. The molecule has 0 aromatic heterocycles. The van der Waals surface area contributed by atoms with Gasteiger partial charge in [-0.15, -0.1) is 0 Å². The zero-order valence-corrected chi connectivity index (χ0v) is 7.46. The molecule has 0 heterocycles. The van der Waals surface area contributed by atoms with Gasteiger partial charge in [0.25, 0.3) is 0 Å². The highest BCUT2D eigenvalue weighted by molar-refractivity contribution is 5.58. The molecule has 6 heteroatoms. The molecule has 0 spiro atoms. The number of alkyl halides is 2. The van der Waals surface area contributed by atoms with E-state index in [1.165, 1.54) is 25.3 Å². The molecule has 1 aromatic rings. The van der Waals surface area contributed by atoms with Gasteiger partial charge in [-0.25, -0.2) is 0 Å². The summed E-state index contributed by atoms with van der Waals surface area (Å²) in [6.45, 7) is -2.85. The van der Waals surface area contributed by atoms with Crippen LogP contribution >= 0.6 is 0 Å². The van der Waals surface area contributed by atoms with E-state index in [9.17, 15) is 8.78 Å². The number of hydrogen-bond donors (Lipinski definition) is 2. The summed E-state index contributed by atoms with van der Waals surface area (Å²) < 4.78 is 32.7. The number of hydrogen-bond acceptors (Lipinski definition) is 4. The van der Waals surface area contributed by atoms with Crippen LogP contribution in [0.2, 0.25) is 0 Å². The maximum Gasteiger partial charge on any atom is 0.387 e. The van der Waals surface area contributed by atoms with Crippen LogP contribution in [-0.2, 0) is 0 Å². The van der Waals surface area contributed by atoms with E-state index in [0.717, 1.165) is 0 Å². The van der Waals surface area contributed by atoms with Gasteiger partial charge in [0.05, 0.1) is 12.8 Å². The van der Waals surface area contributed by atoms with Crippen molar-refractivity contribution in [2.75, 3.05) is 12.5 Å². The molecule has 0 saturated heterocycles. The predicted octanol–water partition coefficient (Wildman–Crippen LogP) is 1.58. The number of nitrogen functional groups attached to an aromatic ring is 1. The minimum absolute atomic E-state index is 0.0239. The Hall–Kier alpha value is -1.56. The van der Waals surface area contributed by atoms with E-state index in [4.69, 9.17) is 10.6 Å². The van der Waals surface area contributed by atoms with Gasteiger partial charge in [-0.2, -0.15) is 8.78 Å². The highest BCUT2D eigenvalue weighted by Gasteiger charge is 2.07. The van der Waals surface area contributed by atoms with E-state index in [2.05, 4.69) is 10.2 Å². The first kappa shape index (κ1) is 10.5. The van der Waals surface area contributed by atoms with Gasteiger partial charge in [-0.05, 0) is 12.1 Å².